The number of benzene rings is 2. The van der Waals surface area contributed by atoms with E-state index in [9.17, 15) is 9.18 Å². The van der Waals surface area contributed by atoms with Gasteiger partial charge in [-0.05, 0) is 30.3 Å². The van der Waals surface area contributed by atoms with Gasteiger partial charge in [0, 0.05) is 25.3 Å². The Morgan fingerprint density at radius 3 is 2.63 bits per heavy atom. The second-order valence-electron chi connectivity index (χ2n) is 6.04. The number of rotatable bonds is 8. The van der Waals surface area contributed by atoms with Crippen LogP contribution in [0.15, 0.2) is 54.7 Å². The first kappa shape index (κ1) is 21.3. The molecule has 0 spiro atoms. The summed E-state index contributed by atoms with van der Waals surface area (Å²) in [7, 11) is 3.18. The van der Waals surface area contributed by atoms with Gasteiger partial charge in [-0.2, -0.15) is 4.98 Å². The molecular formula is C19H20FN7O2S. The summed E-state index contributed by atoms with van der Waals surface area (Å²) in [6.07, 6.45) is 1.05. The molecule has 11 heteroatoms. The topological polar surface area (TPSA) is 114 Å². The van der Waals surface area contributed by atoms with Crippen LogP contribution in [-0.4, -0.2) is 38.9 Å². The molecule has 1 aromatic heterocycles. The second kappa shape index (κ2) is 9.87. The molecule has 0 saturated carbocycles. The number of hydrazine groups is 1. The van der Waals surface area contributed by atoms with Crippen molar-refractivity contribution in [1.29, 1.82) is 0 Å². The molecule has 1 amide bonds. The lowest BCUT2D eigenvalue weighted by atomic mass is 10.2. The van der Waals surface area contributed by atoms with Crippen molar-refractivity contribution in [1.82, 2.24) is 19.7 Å². The number of nitrogens with one attached hydrogen (secondary N) is 4. The lowest BCUT2D eigenvalue weighted by Gasteiger charge is -2.18. The molecule has 9 nitrogen and oxygen atoms in total. The van der Waals surface area contributed by atoms with Crippen LogP contribution in [0.25, 0.3) is 0 Å². The Morgan fingerprint density at radius 2 is 1.90 bits per heavy atom. The molecule has 3 aromatic rings. The van der Waals surface area contributed by atoms with Gasteiger partial charge in [0.15, 0.2) is 11.6 Å². The quantitative estimate of drug-likeness (QED) is 0.207. The molecule has 0 atom stereocenters. The number of para-hydroxylation sites is 2. The van der Waals surface area contributed by atoms with Crippen LogP contribution in [0, 0.1) is 5.82 Å². The van der Waals surface area contributed by atoms with E-state index in [1.165, 1.54) is 4.41 Å². The molecule has 0 bridgehead atoms. The summed E-state index contributed by atoms with van der Waals surface area (Å²) in [6, 6.07) is 13.8. The van der Waals surface area contributed by atoms with Crippen molar-refractivity contribution >= 4 is 47.0 Å². The lowest BCUT2D eigenvalue weighted by molar-refractivity contribution is 0.0963. The molecule has 2 aromatic carbocycles. The summed E-state index contributed by atoms with van der Waals surface area (Å²) in [5, 5.41) is 8.44. The largest absolute Gasteiger partial charge is 0.355 e. The number of halogens is 1. The molecule has 0 saturated heterocycles. The van der Waals surface area contributed by atoms with Crippen molar-refractivity contribution in [3.8, 4) is 0 Å². The number of hydrogen-bond donors (Lipinski definition) is 5. The fourth-order valence-electron chi connectivity index (χ4n) is 2.53. The third-order valence-corrected chi connectivity index (χ3v) is 4.27. The third-order valence-electron chi connectivity index (χ3n) is 3.93. The standard InChI is InChI=1S/C19H20FN7O2S/c1-21-18(28)12-6-5-7-13(10-12)23-19-22-11-14(20)17(25-19)24-15-8-3-4-9-16(15)26-27(2)30-29/h3-11,26,29H,1-2H3,(H,21,28)(H2,22,23,24,25). The molecular weight excluding hydrogens is 409 g/mol. The Balaban J connectivity index is 1.83. The number of carbonyl (C=O) groups excluding carboxylic acids is 1. The van der Waals surface area contributed by atoms with Gasteiger partial charge < -0.3 is 25.9 Å². The van der Waals surface area contributed by atoms with E-state index in [0.29, 0.717) is 34.9 Å². The molecule has 0 aliphatic rings. The predicted octanol–water partition coefficient (Wildman–Crippen LogP) is 3.84. The van der Waals surface area contributed by atoms with Crippen molar-refractivity contribution in [3.05, 3.63) is 66.1 Å². The van der Waals surface area contributed by atoms with Crippen LogP contribution in [0.1, 0.15) is 10.4 Å². The Labute approximate surface area is 177 Å². The van der Waals surface area contributed by atoms with Gasteiger partial charge in [0.25, 0.3) is 5.91 Å². The van der Waals surface area contributed by atoms with Crippen LogP contribution < -0.4 is 21.4 Å². The molecule has 30 heavy (non-hydrogen) atoms. The van der Waals surface area contributed by atoms with Crippen LogP contribution in [0.2, 0.25) is 0 Å². The highest BCUT2D eigenvalue weighted by molar-refractivity contribution is 7.91. The molecule has 0 aliphatic heterocycles. The van der Waals surface area contributed by atoms with Gasteiger partial charge in [0.1, 0.15) is 0 Å². The van der Waals surface area contributed by atoms with Gasteiger partial charge in [-0.25, -0.2) is 9.37 Å². The zero-order chi connectivity index (χ0) is 21.5. The summed E-state index contributed by atoms with van der Waals surface area (Å²) in [4.78, 5) is 19.9. The zero-order valence-electron chi connectivity index (χ0n) is 16.2. The fraction of sp³-hybridized carbons (Fsp3) is 0.105. The molecule has 156 valence electrons. The van der Waals surface area contributed by atoms with E-state index in [4.69, 9.17) is 4.55 Å². The molecule has 0 radical (unpaired) electrons. The third kappa shape index (κ3) is 5.35. The highest BCUT2D eigenvalue weighted by Gasteiger charge is 2.12. The number of anilines is 5. The average molecular weight is 429 g/mol. The van der Waals surface area contributed by atoms with Gasteiger partial charge >= 0.3 is 0 Å². The summed E-state index contributed by atoms with van der Waals surface area (Å²) in [6.45, 7) is 0. The Morgan fingerprint density at radius 1 is 1.13 bits per heavy atom. The highest BCUT2D eigenvalue weighted by Crippen LogP contribution is 2.27. The molecule has 0 fully saturated rings. The van der Waals surface area contributed by atoms with Gasteiger partial charge in [-0.15, -0.1) is 4.41 Å². The first-order valence-electron chi connectivity index (χ1n) is 8.80. The smallest absolute Gasteiger partial charge is 0.251 e. The van der Waals surface area contributed by atoms with Gasteiger partial charge in [-0.1, -0.05) is 18.2 Å². The van der Waals surface area contributed by atoms with E-state index >= 15 is 0 Å². The van der Waals surface area contributed by atoms with E-state index in [2.05, 4.69) is 31.3 Å². The molecule has 0 unspecified atom stereocenters. The van der Waals surface area contributed by atoms with Crippen molar-refractivity contribution in [2.75, 3.05) is 30.2 Å². The second-order valence-corrected chi connectivity index (χ2v) is 6.75. The summed E-state index contributed by atoms with van der Waals surface area (Å²) in [5.41, 5.74) is 5.14. The molecule has 1 heterocycles. The van der Waals surface area contributed by atoms with E-state index in [1.54, 1.807) is 62.6 Å². The fourth-order valence-corrected chi connectivity index (χ4v) is 2.67. The Bertz CT molecular complexity index is 1040. The van der Waals surface area contributed by atoms with Crippen LogP contribution in [0.5, 0.6) is 0 Å². The summed E-state index contributed by atoms with van der Waals surface area (Å²) >= 11 is 0.502. The van der Waals surface area contributed by atoms with Crippen LogP contribution >= 0.6 is 12.2 Å². The summed E-state index contributed by atoms with van der Waals surface area (Å²) < 4.78 is 24.8. The SMILES string of the molecule is CNC(=O)c1cccc(Nc2ncc(F)c(Nc3ccccc3NN(C)SO)n2)c1. The number of carbonyl (C=O) groups is 1. The first-order valence-corrected chi connectivity index (χ1v) is 9.53. The van der Waals surface area contributed by atoms with Crippen molar-refractivity contribution in [2.24, 2.45) is 0 Å². The van der Waals surface area contributed by atoms with Gasteiger partial charge in [0.05, 0.1) is 29.8 Å². The zero-order valence-corrected chi connectivity index (χ0v) is 17.0. The predicted molar refractivity (Wildman–Crippen MR) is 116 cm³/mol. The van der Waals surface area contributed by atoms with E-state index in [-0.39, 0.29) is 17.7 Å². The average Bonchev–Trinajstić information content (AvgIpc) is 2.76. The monoisotopic (exact) mass is 429 g/mol. The minimum Gasteiger partial charge on any atom is -0.355 e. The maximum absolute atomic E-state index is 14.3. The Kier molecular flexibility index (Phi) is 7.01. The lowest BCUT2D eigenvalue weighted by Crippen LogP contribution is -2.18. The van der Waals surface area contributed by atoms with Crippen LogP contribution in [-0.2, 0) is 0 Å². The minimum atomic E-state index is -0.639. The van der Waals surface area contributed by atoms with E-state index in [0.717, 1.165) is 6.20 Å². The minimum absolute atomic E-state index is 0.0384. The van der Waals surface area contributed by atoms with Crippen molar-refractivity contribution in [3.63, 3.8) is 0 Å². The normalized spacial score (nSPS) is 10.6. The first-order chi connectivity index (χ1) is 14.5. The molecule has 0 aliphatic carbocycles. The van der Waals surface area contributed by atoms with Crippen LogP contribution in [0.3, 0.4) is 0 Å². The Hall–Kier alpha value is -3.41. The van der Waals surface area contributed by atoms with Crippen molar-refractivity contribution in [2.45, 2.75) is 0 Å². The maximum Gasteiger partial charge on any atom is 0.251 e. The molecule has 3 rings (SSSR count). The highest BCUT2D eigenvalue weighted by atomic mass is 32.2. The summed E-state index contributed by atoms with van der Waals surface area (Å²) in [5.74, 6) is -0.750. The van der Waals surface area contributed by atoms with Gasteiger partial charge in [-0.3, -0.25) is 4.79 Å². The molecule has 5 N–H and O–H groups in total. The van der Waals surface area contributed by atoms with Crippen molar-refractivity contribution < 1.29 is 13.7 Å². The number of aromatic nitrogens is 2. The van der Waals surface area contributed by atoms with Crippen LogP contribution in [0.4, 0.5) is 33.2 Å². The van der Waals surface area contributed by atoms with E-state index < -0.39 is 5.82 Å². The number of amides is 1. The number of nitrogens with zero attached hydrogens (tertiary/aromatic N) is 3. The number of hydrogen-bond acceptors (Lipinski definition) is 9. The maximum atomic E-state index is 14.3. The van der Waals surface area contributed by atoms with E-state index in [1.807, 2.05) is 0 Å². The van der Waals surface area contributed by atoms with Gasteiger partial charge in [0.2, 0.25) is 5.95 Å².